The lowest BCUT2D eigenvalue weighted by molar-refractivity contribution is 0.900. The van der Waals surface area contributed by atoms with Gasteiger partial charge < -0.3 is 5.73 Å². The fraction of sp³-hybridized carbons (Fsp3) is 0.167. The minimum atomic E-state index is -0.0285. The fourth-order valence-electron chi connectivity index (χ4n) is 1.26. The number of hydrogen-bond acceptors (Lipinski definition) is 1. The Morgan fingerprint density at radius 2 is 2.08 bits per heavy atom. The molecule has 0 bridgehead atoms. The van der Waals surface area contributed by atoms with E-state index in [0.717, 1.165) is 0 Å². The minimum absolute atomic E-state index is 0.0285. The van der Waals surface area contributed by atoms with Gasteiger partial charge in [-0.3, -0.25) is 0 Å². The second-order valence-electron chi connectivity index (χ2n) is 3.00. The summed E-state index contributed by atoms with van der Waals surface area (Å²) in [6, 6.07) is 8.11. The third-order valence-electron chi connectivity index (χ3n) is 2.00. The molecule has 0 amide bonds. The lowest BCUT2D eigenvalue weighted by Crippen LogP contribution is -2.08. The number of nitrogens with two attached hydrogens (primary N) is 1. The molecule has 0 radical (unpaired) electrons. The van der Waals surface area contributed by atoms with Crippen LogP contribution in [-0.2, 0) is 0 Å². The van der Waals surface area contributed by atoms with E-state index in [0.29, 0.717) is 0 Å². The second-order valence-corrected chi connectivity index (χ2v) is 3.00. The Morgan fingerprint density at radius 3 is 2.69 bits per heavy atom. The number of rotatable bonds is 3. The van der Waals surface area contributed by atoms with Gasteiger partial charge in [0, 0.05) is 6.04 Å². The fourth-order valence-corrected chi connectivity index (χ4v) is 1.26. The van der Waals surface area contributed by atoms with Crippen molar-refractivity contribution >= 4 is 0 Å². The van der Waals surface area contributed by atoms with Crippen molar-refractivity contribution in [2.24, 2.45) is 5.73 Å². The molecule has 0 aliphatic rings. The summed E-state index contributed by atoms with van der Waals surface area (Å²) < 4.78 is 0. The first-order valence-electron chi connectivity index (χ1n) is 4.36. The van der Waals surface area contributed by atoms with Crippen LogP contribution in [0.3, 0.4) is 0 Å². The van der Waals surface area contributed by atoms with Crippen molar-refractivity contribution in [1.29, 1.82) is 0 Å². The van der Waals surface area contributed by atoms with E-state index in [4.69, 9.17) is 5.73 Å². The van der Waals surface area contributed by atoms with Gasteiger partial charge in [0.05, 0.1) is 0 Å². The zero-order valence-electron chi connectivity index (χ0n) is 7.90. The summed E-state index contributed by atoms with van der Waals surface area (Å²) in [7, 11) is 0. The molecule has 1 rings (SSSR count). The summed E-state index contributed by atoms with van der Waals surface area (Å²) in [5.74, 6) is 0. The maximum absolute atomic E-state index is 5.95. The van der Waals surface area contributed by atoms with E-state index in [1.54, 1.807) is 6.08 Å². The Morgan fingerprint density at radius 1 is 1.38 bits per heavy atom. The molecule has 0 saturated heterocycles. The van der Waals surface area contributed by atoms with E-state index in [2.05, 4.69) is 19.6 Å². The zero-order valence-corrected chi connectivity index (χ0v) is 7.90. The number of allylic oxidation sites excluding steroid dienone is 2. The first kappa shape index (κ1) is 9.75. The largest absolute Gasteiger partial charge is 0.321 e. The van der Waals surface area contributed by atoms with Gasteiger partial charge in [0.1, 0.15) is 0 Å². The van der Waals surface area contributed by atoms with Crippen molar-refractivity contribution in [3.63, 3.8) is 0 Å². The standard InChI is InChI=1S/C12H15N/c1-3-4-9-12(13)11-8-6-5-7-10(11)2/h3-9,12H,1,13H2,2H3/b9-4-. The molecule has 1 nitrogen and oxygen atoms in total. The first-order valence-corrected chi connectivity index (χ1v) is 4.36. The molecular weight excluding hydrogens is 158 g/mol. The monoisotopic (exact) mass is 173 g/mol. The summed E-state index contributed by atoms with van der Waals surface area (Å²) in [6.45, 7) is 5.67. The molecule has 0 saturated carbocycles. The maximum Gasteiger partial charge on any atom is 0.0486 e. The summed E-state index contributed by atoms with van der Waals surface area (Å²) in [5, 5.41) is 0. The first-order chi connectivity index (χ1) is 6.25. The number of aryl methyl sites for hydroxylation is 1. The van der Waals surface area contributed by atoms with Crippen molar-refractivity contribution in [1.82, 2.24) is 0 Å². The van der Waals surface area contributed by atoms with Crippen LogP contribution < -0.4 is 5.73 Å². The molecule has 0 heterocycles. The van der Waals surface area contributed by atoms with Gasteiger partial charge >= 0.3 is 0 Å². The van der Waals surface area contributed by atoms with Crippen LogP contribution in [0.5, 0.6) is 0 Å². The Kier molecular flexibility index (Phi) is 3.47. The minimum Gasteiger partial charge on any atom is -0.321 e. The average Bonchev–Trinajstić information content (AvgIpc) is 2.15. The van der Waals surface area contributed by atoms with Gasteiger partial charge in [0.2, 0.25) is 0 Å². The highest BCUT2D eigenvalue weighted by atomic mass is 14.6. The molecule has 0 aliphatic carbocycles. The lowest BCUT2D eigenvalue weighted by atomic mass is 10.0. The van der Waals surface area contributed by atoms with Crippen LogP contribution in [0.2, 0.25) is 0 Å². The molecule has 0 fully saturated rings. The second kappa shape index (κ2) is 4.63. The lowest BCUT2D eigenvalue weighted by Gasteiger charge is -2.09. The molecule has 0 aromatic heterocycles. The Balaban J connectivity index is 2.88. The molecule has 1 atom stereocenters. The van der Waals surface area contributed by atoms with Crippen LogP contribution in [0.1, 0.15) is 17.2 Å². The highest BCUT2D eigenvalue weighted by molar-refractivity contribution is 5.31. The molecule has 0 aliphatic heterocycles. The van der Waals surface area contributed by atoms with Crippen LogP contribution in [-0.4, -0.2) is 0 Å². The van der Waals surface area contributed by atoms with E-state index in [1.165, 1.54) is 11.1 Å². The predicted molar refractivity (Wildman–Crippen MR) is 57.4 cm³/mol. The van der Waals surface area contributed by atoms with Gasteiger partial charge in [-0.25, -0.2) is 0 Å². The topological polar surface area (TPSA) is 26.0 Å². The van der Waals surface area contributed by atoms with Gasteiger partial charge in [-0.2, -0.15) is 0 Å². The maximum atomic E-state index is 5.95. The zero-order chi connectivity index (χ0) is 9.68. The van der Waals surface area contributed by atoms with Gasteiger partial charge in [0.25, 0.3) is 0 Å². The average molecular weight is 173 g/mol. The summed E-state index contributed by atoms with van der Waals surface area (Å²) in [4.78, 5) is 0. The van der Waals surface area contributed by atoms with E-state index < -0.39 is 0 Å². The molecule has 68 valence electrons. The van der Waals surface area contributed by atoms with Crippen molar-refractivity contribution in [3.8, 4) is 0 Å². The molecule has 1 heteroatoms. The van der Waals surface area contributed by atoms with Crippen LogP contribution in [0.15, 0.2) is 49.1 Å². The Labute approximate surface area is 79.6 Å². The highest BCUT2D eigenvalue weighted by Crippen LogP contribution is 2.15. The SMILES string of the molecule is C=C/C=C\C(N)c1ccccc1C. The molecule has 0 spiro atoms. The van der Waals surface area contributed by atoms with Gasteiger partial charge in [0.15, 0.2) is 0 Å². The molecule has 13 heavy (non-hydrogen) atoms. The normalized spacial score (nSPS) is 13.1. The van der Waals surface area contributed by atoms with Crippen molar-refractivity contribution in [3.05, 3.63) is 60.2 Å². The molecule has 2 N–H and O–H groups in total. The molecular formula is C12H15N. The van der Waals surface area contributed by atoms with Crippen molar-refractivity contribution < 1.29 is 0 Å². The van der Waals surface area contributed by atoms with Gasteiger partial charge in [-0.05, 0) is 18.1 Å². The van der Waals surface area contributed by atoms with E-state index in [9.17, 15) is 0 Å². The third-order valence-corrected chi connectivity index (χ3v) is 2.00. The summed E-state index contributed by atoms with van der Waals surface area (Å²) in [5.41, 5.74) is 8.34. The third kappa shape index (κ3) is 2.56. The summed E-state index contributed by atoms with van der Waals surface area (Å²) in [6.07, 6.45) is 5.55. The van der Waals surface area contributed by atoms with E-state index in [1.807, 2.05) is 30.4 Å². The Bertz CT molecular complexity index is 313. The summed E-state index contributed by atoms with van der Waals surface area (Å²) >= 11 is 0. The highest BCUT2D eigenvalue weighted by Gasteiger charge is 2.02. The number of hydrogen-bond donors (Lipinski definition) is 1. The molecule has 1 unspecified atom stereocenters. The molecule has 1 aromatic carbocycles. The predicted octanol–water partition coefficient (Wildman–Crippen LogP) is 2.74. The van der Waals surface area contributed by atoms with Crippen LogP contribution >= 0.6 is 0 Å². The van der Waals surface area contributed by atoms with E-state index >= 15 is 0 Å². The number of benzene rings is 1. The van der Waals surface area contributed by atoms with Gasteiger partial charge in [-0.1, -0.05) is 49.1 Å². The van der Waals surface area contributed by atoms with E-state index in [-0.39, 0.29) is 6.04 Å². The smallest absolute Gasteiger partial charge is 0.0486 e. The van der Waals surface area contributed by atoms with Crippen molar-refractivity contribution in [2.45, 2.75) is 13.0 Å². The van der Waals surface area contributed by atoms with Gasteiger partial charge in [-0.15, -0.1) is 0 Å². The van der Waals surface area contributed by atoms with Crippen molar-refractivity contribution in [2.75, 3.05) is 0 Å². The Hall–Kier alpha value is -1.34. The van der Waals surface area contributed by atoms with Crippen LogP contribution in [0.25, 0.3) is 0 Å². The quantitative estimate of drug-likeness (QED) is 0.699. The van der Waals surface area contributed by atoms with Crippen LogP contribution in [0, 0.1) is 6.92 Å². The van der Waals surface area contributed by atoms with Crippen LogP contribution in [0.4, 0.5) is 0 Å². The molecule has 1 aromatic rings.